The number of carbonyl (C=O) groups is 4. The molecular formula is C40H51N3O7. The fourth-order valence-corrected chi connectivity index (χ4v) is 8.10. The lowest BCUT2D eigenvalue weighted by atomic mass is 9.70. The number of fused-ring (bicyclic) bond motifs is 1. The van der Waals surface area contributed by atoms with Crippen molar-refractivity contribution >= 4 is 23.7 Å². The number of benzene rings is 2. The Morgan fingerprint density at radius 3 is 2.32 bits per heavy atom. The second kappa shape index (κ2) is 15.7. The Balaban J connectivity index is 1.50. The van der Waals surface area contributed by atoms with E-state index in [4.69, 9.17) is 9.47 Å². The van der Waals surface area contributed by atoms with Crippen molar-refractivity contribution in [2.24, 2.45) is 17.8 Å². The van der Waals surface area contributed by atoms with Crippen LogP contribution in [0.25, 0.3) is 0 Å². The summed E-state index contributed by atoms with van der Waals surface area (Å²) in [4.78, 5) is 61.7. The minimum absolute atomic E-state index is 0.108. The molecule has 8 atom stereocenters. The summed E-state index contributed by atoms with van der Waals surface area (Å²) in [5.74, 6) is -3.54. The number of aliphatic hydroxyl groups is 1. The van der Waals surface area contributed by atoms with Gasteiger partial charge in [0.25, 0.3) is 0 Å². The Morgan fingerprint density at radius 1 is 1.06 bits per heavy atom. The first kappa shape index (κ1) is 37.0. The van der Waals surface area contributed by atoms with Crippen molar-refractivity contribution in [2.45, 2.75) is 88.9 Å². The van der Waals surface area contributed by atoms with Gasteiger partial charge in [0.15, 0.2) is 0 Å². The smallest absolute Gasteiger partial charge is 0.313 e. The third-order valence-corrected chi connectivity index (χ3v) is 10.8. The molecule has 3 aliphatic rings. The maximum atomic E-state index is 14.8. The van der Waals surface area contributed by atoms with Crippen molar-refractivity contribution in [3.05, 3.63) is 97.1 Å². The van der Waals surface area contributed by atoms with Gasteiger partial charge in [0.1, 0.15) is 17.7 Å². The lowest BCUT2D eigenvalue weighted by Gasteiger charge is -2.40. The standard InChI is InChI=1S/C40H51N3O7/c1-7-9-20-32(45)41(6)27(5)35(29-18-14-11-15-19-29)49-39(48)33-31-21-22-40(50-31)34(33)37(46)43(30(25-44)26(3)4)36(40)38(47)42(23-8-2)24-28-16-12-10-13-17-28/h7-8,10-19,26-27,30-31,33-36,44H,1-2,9,20-25H2,3-6H3/t27-,30+,31+,33-,34-,35+,36+,40-/m1/s1. The number of allylic oxidation sites excluding steroid dienone is 1. The van der Waals surface area contributed by atoms with Crippen molar-refractivity contribution in [2.75, 3.05) is 20.2 Å². The molecule has 0 unspecified atom stereocenters. The van der Waals surface area contributed by atoms with Crippen LogP contribution in [-0.2, 0) is 35.2 Å². The van der Waals surface area contributed by atoms with E-state index in [1.54, 1.807) is 29.0 Å². The summed E-state index contributed by atoms with van der Waals surface area (Å²) >= 11 is 0. The molecule has 0 saturated carbocycles. The predicted molar refractivity (Wildman–Crippen MR) is 189 cm³/mol. The topological polar surface area (TPSA) is 117 Å². The van der Waals surface area contributed by atoms with E-state index in [9.17, 15) is 24.3 Å². The molecule has 10 heteroatoms. The molecule has 0 radical (unpaired) electrons. The molecule has 1 N–H and O–H groups in total. The molecule has 0 aromatic heterocycles. The van der Waals surface area contributed by atoms with Gasteiger partial charge in [-0.2, -0.15) is 0 Å². The van der Waals surface area contributed by atoms with Crippen LogP contribution in [0.2, 0.25) is 0 Å². The minimum atomic E-state index is -1.27. The number of carbonyl (C=O) groups excluding carboxylic acids is 4. The van der Waals surface area contributed by atoms with Gasteiger partial charge in [-0.05, 0) is 43.2 Å². The quantitative estimate of drug-likeness (QED) is 0.201. The molecule has 3 amide bonds. The normalized spacial score (nSPS) is 25.5. The highest BCUT2D eigenvalue weighted by molar-refractivity contribution is 5.98. The summed E-state index contributed by atoms with van der Waals surface area (Å²) in [6.45, 7) is 13.4. The van der Waals surface area contributed by atoms with E-state index < -0.39 is 53.7 Å². The molecule has 3 heterocycles. The van der Waals surface area contributed by atoms with E-state index in [1.165, 1.54) is 4.90 Å². The van der Waals surface area contributed by atoms with Gasteiger partial charge in [-0.1, -0.05) is 86.7 Å². The van der Waals surface area contributed by atoms with E-state index >= 15 is 0 Å². The number of hydrogen-bond donors (Lipinski definition) is 1. The monoisotopic (exact) mass is 685 g/mol. The Labute approximate surface area is 295 Å². The summed E-state index contributed by atoms with van der Waals surface area (Å²) in [6.07, 6.45) is 3.58. The maximum absolute atomic E-state index is 14.8. The van der Waals surface area contributed by atoms with Crippen LogP contribution in [0.5, 0.6) is 0 Å². The molecule has 2 aromatic rings. The van der Waals surface area contributed by atoms with Crippen LogP contribution < -0.4 is 0 Å². The zero-order valence-corrected chi connectivity index (χ0v) is 29.6. The van der Waals surface area contributed by atoms with Crippen molar-refractivity contribution in [1.29, 1.82) is 0 Å². The van der Waals surface area contributed by atoms with Gasteiger partial charge >= 0.3 is 5.97 Å². The predicted octanol–water partition coefficient (Wildman–Crippen LogP) is 4.69. The van der Waals surface area contributed by atoms with Gasteiger partial charge in [-0.25, -0.2) is 0 Å². The number of amides is 3. The van der Waals surface area contributed by atoms with Crippen LogP contribution in [0.4, 0.5) is 0 Å². The number of nitrogens with zero attached hydrogens (tertiary/aromatic N) is 3. The molecule has 2 bridgehead atoms. The van der Waals surface area contributed by atoms with Gasteiger partial charge in [0, 0.05) is 26.6 Å². The highest BCUT2D eigenvalue weighted by Crippen LogP contribution is 2.59. The number of likely N-dealkylation sites (tertiary alicyclic amines) is 1. The van der Waals surface area contributed by atoms with Gasteiger partial charge in [-0.15, -0.1) is 13.2 Å². The molecular weight excluding hydrogens is 634 g/mol. The lowest BCUT2D eigenvalue weighted by molar-refractivity contribution is -0.165. The average Bonchev–Trinajstić information content (AvgIpc) is 3.77. The fourth-order valence-electron chi connectivity index (χ4n) is 8.10. The zero-order chi connectivity index (χ0) is 36.2. The van der Waals surface area contributed by atoms with E-state index in [2.05, 4.69) is 13.2 Å². The molecule has 1 spiro atoms. The van der Waals surface area contributed by atoms with Crippen LogP contribution in [0.15, 0.2) is 86.0 Å². The summed E-state index contributed by atoms with van der Waals surface area (Å²) in [5.41, 5.74) is 0.359. The number of rotatable bonds is 16. The second-order valence-corrected chi connectivity index (χ2v) is 14.1. The zero-order valence-electron chi connectivity index (χ0n) is 29.6. The van der Waals surface area contributed by atoms with E-state index in [1.807, 2.05) is 81.4 Å². The molecule has 268 valence electrons. The van der Waals surface area contributed by atoms with E-state index in [0.717, 1.165) is 5.56 Å². The summed E-state index contributed by atoms with van der Waals surface area (Å²) in [5, 5.41) is 10.6. The van der Waals surface area contributed by atoms with Gasteiger partial charge in [-0.3, -0.25) is 19.2 Å². The Morgan fingerprint density at radius 2 is 1.72 bits per heavy atom. The van der Waals surface area contributed by atoms with Crippen LogP contribution in [-0.4, -0.2) is 93.5 Å². The van der Waals surface area contributed by atoms with Crippen molar-refractivity contribution in [1.82, 2.24) is 14.7 Å². The highest BCUT2D eigenvalue weighted by atomic mass is 16.6. The van der Waals surface area contributed by atoms with Crippen molar-refractivity contribution < 1.29 is 33.8 Å². The minimum Gasteiger partial charge on any atom is -0.455 e. The molecule has 3 saturated heterocycles. The first-order valence-corrected chi connectivity index (χ1v) is 17.7. The first-order valence-electron chi connectivity index (χ1n) is 17.7. The van der Waals surface area contributed by atoms with Gasteiger partial charge < -0.3 is 29.3 Å². The summed E-state index contributed by atoms with van der Waals surface area (Å²) in [7, 11) is 1.69. The van der Waals surface area contributed by atoms with Crippen LogP contribution in [0, 0.1) is 17.8 Å². The van der Waals surface area contributed by atoms with E-state index in [0.29, 0.717) is 31.4 Å². The third-order valence-electron chi connectivity index (χ3n) is 10.8. The summed E-state index contributed by atoms with van der Waals surface area (Å²) < 4.78 is 13.0. The lowest BCUT2D eigenvalue weighted by Crippen LogP contribution is -2.59. The number of likely N-dealkylation sites (N-methyl/N-ethyl adjacent to an activating group) is 1. The number of hydrogen-bond acceptors (Lipinski definition) is 7. The number of ether oxygens (including phenoxy) is 2. The van der Waals surface area contributed by atoms with Crippen LogP contribution in [0.3, 0.4) is 0 Å². The molecule has 3 fully saturated rings. The molecule has 3 aliphatic heterocycles. The Kier molecular flexibility index (Phi) is 11.6. The largest absolute Gasteiger partial charge is 0.455 e. The number of esters is 1. The second-order valence-electron chi connectivity index (χ2n) is 14.1. The molecule has 50 heavy (non-hydrogen) atoms. The average molecular weight is 686 g/mol. The fraction of sp³-hybridized carbons (Fsp3) is 0.500. The van der Waals surface area contributed by atoms with E-state index in [-0.39, 0.29) is 43.2 Å². The molecule has 5 rings (SSSR count). The Bertz CT molecular complexity index is 1550. The van der Waals surface area contributed by atoms with Crippen molar-refractivity contribution in [3.63, 3.8) is 0 Å². The number of aliphatic hydroxyl groups excluding tert-OH is 1. The van der Waals surface area contributed by atoms with Crippen LogP contribution >= 0.6 is 0 Å². The first-order chi connectivity index (χ1) is 24.0. The molecule has 0 aliphatic carbocycles. The Hall–Kier alpha value is -4.28. The van der Waals surface area contributed by atoms with Crippen molar-refractivity contribution in [3.8, 4) is 0 Å². The molecule has 2 aromatic carbocycles. The molecule has 10 nitrogen and oxygen atoms in total. The van der Waals surface area contributed by atoms with Gasteiger partial charge in [0.2, 0.25) is 17.7 Å². The summed E-state index contributed by atoms with van der Waals surface area (Å²) in [6, 6.07) is 16.6. The maximum Gasteiger partial charge on any atom is 0.313 e. The highest BCUT2D eigenvalue weighted by Gasteiger charge is 2.76. The van der Waals surface area contributed by atoms with Crippen LogP contribution in [0.1, 0.15) is 63.7 Å². The third kappa shape index (κ3) is 6.88. The van der Waals surface area contributed by atoms with Gasteiger partial charge in [0.05, 0.1) is 36.6 Å². The SMILES string of the molecule is C=CCCC(=O)N(C)[C@H](C)[C@H](OC(=O)[C@@H]1[C@@H]2CC[C@]3(O2)[C@H](C(=O)N(CC=C)Cc2ccccc2)N([C@@H](CO)C(C)C)C(=O)[C@@H]13)c1ccccc1.